The first kappa shape index (κ1) is 33.6. The fraction of sp³-hybridized carbons (Fsp3) is 0.257. The predicted octanol–water partition coefficient (Wildman–Crippen LogP) is 12.9. The first-order chi connectivity index (χ1) is 19.7. The molecule has 0 fully saturated rings. The van der Waals surface area contributed by atoms with E-state index in [1.807, 2.05) is 153 Å². The minimum atomic E-state index is 0.125. The van der Waals surface area contributed by atoms with Crippen molar-refractivity contribution < 1.29 is 5.11 Å². The van der Waals surface area contributed by atoms with Gasteiger partial charge in [-0.15, -0.1) is 15.3 Å². The molecule has 5 rings (SSSR count). The second kappa shape index (κ2) is 18.8. The molecule has 0 heterocycles. The van der Waals surface area contributed by atoms with Crippen LogP contribution in [0.25, 0.3) is 21.5 Å². The van der Waals surface area contributed by atoms with Crippen LogP contribution in [0.2, 0.25) is 0 Å². The van der Waals surface area contributed by atoms with Crippen LogP contribution in [0.15, 0.2) is 118 Å². The molecule has 0 radical (unpaired) electrons. The third-order valence-corrected chi connectivity index (χ3v) is 5.33. The predicted molar refractivity (Wildman–Crippen MR) is 174 cm³/mol. The van der Waals surface area contributed by atoms with Gasteiger partial charge >= 0.3 is 0 Å². The van der Waals surface area contributed by atoms with Gasteiger partial charge < -0.3 is 5.11 Å². The van der Waals surface area contributed by atoms with Gasteiger partial charge in [-0.1, -0.05) is 128 Å². The van der Waals surface area contributed by atoms with Gasteiger partial charge in [-0.25, -0.2) is 0 Å². The summed E-state index contributed by atoms with van der Waals surface area (Å²) in [6.45, 7) is 18.0. The average molecular weight is 537 g/mol. The Bertz CT molecular complexity index is 1490. The molecule has 0 saturated carbocycles. The maximum Gasteiger partial charge on any atom is 0.150 e. The molecule has 210 valence electrons. The highest BCUT2D eigenvalue weighted by atomic mass is 16.3. The highest BCUT2D eigenvalue weighted by molar-refractivity contribution is 5.99. The maximum atomic E-state index is 10.6. The van der Waals surface area contributed by atoms with E-state index in [0.717, 1.165) is 32.9 Å². The van der Waals surface area contributed by atoms with Gasteiger partial charge in [0.2, 0.25) is 0 Å². The number of aryl methyl sites for hydroxylation is 1. The van der Waals surface area contributed by atoms with E-state index in [0.29, 0.717) is 11.4 Å². The van der Waals surface area contributed by atoms with Crippen LogP contribution in [0.5, 0.6) is 5.75 Å². The number of phenolic OH excluding ortho intramolecular Hbond substituents is 1. The molecule has 0 unspecified atom stereocenters. The molecule has 5 aromatic carbocycles. The number of aromatic hydroxyl groups is 1. The first-order valence-electron chi connectivity index (χ1n) is 14.3. The zero-order chi connectivity index (χ0) is 29.9. The summed E-state index contributed by atoms with van der Waals surface area (Å²) in [6, 6.07) is 30.9. The number of hydrogen-bond acceptors (Lipinski definition) is 5. The molecule has 0 bridgehead atoms. The minimum absolute atomic E-state index is 0.125. The molecule has 0 atom stereocenters. The second-order valence-corrected chi connectivity index (χ2v) is 7.54. The van der Waals surface area contributed by atoms with Crippen molar-refractivity contribution in [2.24, 2.45) is 20.5 Å². The molecule has 1 N–H and O–H groups in total. The Morgan fingerprint density at radius 3 is 1.40 bits per heavy atom. The van der Waals surface area contributed by atoms with Crippen molar-refractivity contribution >= 4 is 44.3 Å². The number of benzene rings is 5. The van der Waals surface area contributed by atoms with Crippen LogP contribution in [0.3, 0.4) is 0 Å². The lowest BCUT2D eigenvalue weighted by molar-refractivity contribution is 0.482. The third-order valence-electron chi connectivity index (χ3n) is 5.33. The maximum absolute atomic E-state index is 10.6. The summed E-state index contributed by atoms with van der Waals surface area (Å²) >= 11 is 0. The second-order valence-electron chi connectivity index (χ2n) is 7.54. The highest BCUT2D eigenvalue weighted by Gasteiger charge is 2.08. The van der Waals surface area contributed by atoms with Gasteiger partial charge in [0.15, 0.2) is 5.75 Å². The molecule has 0 aliphatic heterocycles. The monoisotopic (exact) mass is 536 g/mol. The molecular formula is C35H44N4O. The fourth-order valence-corrected chi connectivity index (χ4v) is 3.60. The zero-order valence-corrected chi connectivity index (χ0v) is 25.5. The van der Waals surface area contributed by atoms with E-state index in [4.69, 9.17) is 0 Å². The number of fused-ring (bicyclic) bond motifs is 2. The Labute approximate surface area is 240 Å². The van der Waals surface area contributed by atoms with Crippen molar-refractivity contribution in [2.75, 3.05) is 0 Å². The van der Waals surface area contributed by atoms with Crippen LogP contribution >= 0.6 is 0 Å². The largest absolute Gasteiger partial charge is 0.505 e. The van der Waals surface area contributed by atoms with Crippen molar-refractivity contribution in [3.63, 3.8) is 0 Å². The van der Waals surface area contributed by atoms with Crippen molar-refractivity contribution in [2.45, 2.75) is 62.3 Å². The smallest absolute Gasteiger partial charge is 0.150 e. The van der Waals surface area contributed by atoms with E-state index >= 15 is 0 Å². The summed E-state index contributed by atoms with van der Waals surface area (Å²) in [5.74, 6) is 0.125. The van der Waals surface area contributed by atoms with Crippen molar-refractivity contribution in [1.82, 2.24) is 0 Å². The number of phenols is 1. The SMILES string of the molecule is CC.CC.CC.CC.Cc1ccc(N=Nc2ccc(N=Nc3ccc4ccccc4c3O)c3ccccc23)cc1. The lowest BCUT2D eigenvalue weighted by Gasteiger charge is -2.05. The summed E-state index contributed by atoms with van der Waals surface area (Å²) in [4.78, 5) is 0. The normalized spacial score (nSPS) is 10.0. The molecule has 0 aromatic heterocycles. The van der Waals surface area contributed by atoms with Crippen LogP contribution in [0, 0.1) is 6.92 Å². The molecule has 0 spiro atoms. The summed E-state index contributed by atoms with van der Waals surface area (Å²) < 4.78 is 0. The van der Waals surface area contributed by atoms with Gasteiger partial charge in [0, 0.05) is 16.2 Å². The Balaban J connectivity index is 0.000000921. The van der Waals surface area contributed by atoms with E-state index in [-0.39, 0.29) is 5.75 Å². The zero-order valence-electron chi connectivity index (χ0n) is 25.5. The first-order valence-corrected chi connectivity index (χ1v) is 14.3. The third kappa shape index (κ3) is 8.84. The van der Waals surface area contributed by atoms with E-state index in [9.17, 15) is 5.11 Å². The van der Waals surface area contributed by atoms with Gasteiger partial charge in [-0.2, -0.15) is 5.11 Å². The molecule has 0 aliphatic rings. The molecule has 5 heteroatoms. The summed E-state index contributed by atoms with van der Waals surface area (Å²) in [5.41, 5.74) is 3.86. The fourth-order valence-electron chi connectivity index (χ4n) is 3.60. The standard InChI is InChI=1S/C27H20N4O.4C2H6/c1-18-10-13-20(14-11-18)28-29-24-16-17-25(23-9-5-4-8-22(23)24)30-31-26-15-12-19-6-2-3-7-21(19)27(26)32;4*1-2/h2-17,32H,1H3;4*1-2H3. The summed E-state index contributed by atoms with van der Waals surface area (Å²) in [5, 5.41) is 31.7. The van der Waals surface area contributed by atoms with Crippen molar-refractivity contribution in [3.05, 3.63) is 103 Å². The molecule has 0 aliphatic carbocycles. The lowest BCUT2D eigenvalue weighted by atomic mass is 10.1. The van der Waals surface area contributed by atoms with Crippen LogP contribution < -0.4 is 0 Å². The quantitative estimate of drug-likeness (QED) is 0.228. The van der Waals surface area contributed by atoms with Crippen molar-refractivity contribution in [3.8, 4) is 5.75 Å². The van der Waals surface area contributed by atoms with E-state index < -0.39 is 0 Å². The molecule has 5 aromatic rings. The van der Waals surface area contributed by atoms with E-state index in [1.165, 1.54) is 5.56 Å². The van der Waals surface area contributed by atoms with E-state index in [1.54, 1.807) is 6.07 Å². The highest BCUT2D eigenvalue weighted by Crippen LogP contribution is 2.38. The van der Waals surface area contributed by atoms with E-state index in [2.05, 4.69) is 20.5 Å². The topological polar surface area (TPSA) is 69.7 Å². The van der Waals surface area contributed by atoms with Crippen LogP contribution in [0.1, 0.15) is 61.0 Å². The van der Waals surface area contributed by atoms with Crippen molar-refractivity contribution in [1.29, 1.82) is 0 Å². The Kier molecular flexibility index (Phi) is 15.8. The Morgan fingerprint density at radius 1 is 0.425 bits per heavy atom. The summed E-state index contributed by atoms with van der Waals surface area (Å²) in [6.07, 6.45) is 0. The van der Waals surface area contributed by atoms with Gasteiger partial charge in [0.1, 0.15) is 5.69 Å². The molecule has 0 saturated heterocycles. The number of azo groups is 2. The molecule has 5 nitrogen and oxygen atoms in total. The lowest BCUT2D eigenvalue weighted by Crippen LogP contribution is -1.76. The Hall–Kier alpha value is -4.38. The van der Waals surface area contributed by atoms with Gasteiger partial charge in [-0.05, 0) is 42.6 Å². The van der Waals surface area contributed by atoms with Crippen LogP contribution in [-0.2, 0) is 0 Å². The van der Waals surface area contributed by atoms with Crippen LogP contribution in [0.4, 0.5) is 22.7 Å². The van der Waals surface area contributed by atoms with Gasteiger partial charge in [0.25, 0.3) is 0 Å². The average Bonchev–Trinajstić information content (AvgIpc) is 3.05. The van der Waals surface area contributed by atoms with Crippen LogP contribution in [-0.4, -0.2) is 5.11 Å². The minimum Gasteiger partial charge on any atom is -0.505 e. The molecule has 0 amide bonds. The number of rotatable bonds is 4. The number of nitrogens with zero attached hydrogens (tertiary/aromatic N) is 4. The Morgan fingerprint density at radius 2 is 0.850 bits per heavy atom. The number of hydrogen-bond donors (Lipinski definition) is 1. The molecule has 40 heavy (non-hydrogen) atoms. The van der Waals surface area contributed by atoms with Gasteiger partial charge in [0.05, 0.1) is 17.1 Å². The van der Waals surface area contributed by atoms with Gasteiger partial charge in [-0.3, -0.25) is 0 Å². The summed E-state index contributed by atoms with van der Waals surface area (Å²) in [7, 11) is 0. The molecular weight excluding hydrogens is 492 g/mol.